The maximum absolute atomic E-state index is 10.1. The molecule has 0 fully saturated rings. The Hall–Kier alpha value is -0.0100. The summed E-state index contributed by atoms with van der Waals surface area (Å²) in [5.74, 6) is 0. The van der Waals surface area contributed by atoms with E-state index in [1.165, 1.54) is 0 Å². The quantitative estimate of drug-likeness (QED) is 0.421. The van der Waals surface area contributed by atoms with Crippen LogP contribution in [0.5, 0.6) is 0 Å². The third kappa shape index (κ3) is 12.0. The summed E-state index contributed by atoms with van der Waals surface area (Å²) in [5, 5.41) is 0. The van der Waals surface area contributed by atoms with E-state index in [9.17, 15) is 4.21 Å². The molecule has 0 radical (unpaired) electrons. The fourth-order valence-electron chi connectivity index (χ4n) is 0.843. The maximum atomic E-state index is 10.1. The van der Waals surface area contributed by atoms with Gasteiger partial charge in [-0.2, -0.15) is 0 Å². The van der Waals surface area contributed by atoms with E-state index in [0.717, 1.165) is 26.1 Å². The zero-order valence-corrected chi connectivity index (χ0v) is 9.35. The second-order valence-corrected chi connectivity index (χ2v) is 3.45. The number of hydrogen-bond donors (Lipinski definition) is 2. The first-order valence-electron chi connectivity index (χ1n) is 4.77. The summed E-state index contributed by atoms with van der Waals surface area (Å²) in [4.78, 5) is 0. The van der Waals surface area contributed by atoms with Crippen molar-refractivity contribution in [1.82, 2.24) is 4.72 Å². The molecular formula is C8H19NO4S. The van der Waals surface area contributed by atoms with Crippen LogP contribution in [0.25, 0.3) is 0 Å². The minimum Gasteiger partial charge on any atom is -0.382 e. The Morgan fingerprint density at radius 3 is 2.50 bits per heavy atom. The van der Waals surface area contributed by atoms with Gasteiger partial charge < -0.3 is 9.47 Å². The van der Waals surface area contributed by atoms with Gasteiger partial charge in [0.05, 0.1) is 0 Å². The van der Waals surface area contributed by atoms with Crippen LogP contribution in [0.15, 0.2) is 0 Å². The predicted molar refractivity (Wildman–Crippen MR) is 55.3 cm³/mol. The van der Waals surface area contributed by atoms with Gasteiger partial charge >= 0.3 is 0 Å². The maximum Gasteiger partial charge on any atom is 0.231 e. The van der Waals surface area contributed by atoms with Crippen LogP contribution < -0.4 is 4.72 Å². The molecule has 0 aromatic heterocycles. The lowest BCUT2D eigenvalue weighted by molar-refractivity contribution is 0.0873. The van der Waals surface area contributed by atoms with E-state index in [-0.39, 0.29) is 0 Å². The highest BCUT2D eigenvalue weighted by molar-refractivity contribution is 7.77. The highest BCUT2D eigenvalue weighted by Crippen LogP contribution is 1.87. The highest BCUT2D eigenvalue weighted by Gasteiger charge is 1.92. The van der Waals surface area contributed by atoms with Crippen molar-refractivity contribution in [2.24, 2.45) is 0 Å². The summed E-state index contributed by atoms with van der Waals surface area (Å²) in [6, 6.07) is 0. The van der Waals surface area contributed by atoms with Gasteiger partial charge in [-0.25, -0.2) is 8.93 Å². The smallest absolute Gasteiger partial charge is 0.231 e. The van der Waals surface area contributed by atoms with Crippen molar-refractivity contribution >= 4 is 11.3 Å². The molecule has 5 nitrogen and oxygen atoms in total. The Kier molecular flexibility index (Phi) is 11.1. The molecule has 0 heterocycles. The van der Waals surface area contributed by atoms with Crippen LogP contribution >= 0.6 is 0 Å². The molecule has 1 atom stereocenters. The zero-order valence-electron chi connectivity index (χ0n) is 8.53. The third-order valence-corrected chi connectivity index (χ3v) is 1.92. The van der Waals surface area contributed by atoms with Crippen LogP contribution in [0.1, 0.15) is 19.8 Å². The molecule has 0 aromatic carbocycles. The molecule has 0 amide bonds. The van der Waals surface area contributed by atoms with Gasteiger partial charge in [-0.15, -0.1) is 0 Å². The van der Waals surface area contributed by atoms with Gasteiger partial charge in [-0.1, -0.05) is 0 Å². The van der Waals surface area contributed by atoms with Crippen molar-refractivity contribution in [2.45, 2.75) is 19.8 Å². The normalized spacial score (nSPS) is 13.0. The first-order valence-corrected chi connectivity index (χ1v) is 5.88. The Bertz CT molecular complexity index is 145. The van der Waals surface area contributed by atoms with Crippen molar-refractivity contribution in [1.29, 1.82) is 0 Å². The lowest BCUT2D eigenvalue weighted by atomic mass is 10.4. The van der Waals surface area contributed by atoms with Crippen molar-refractivity contribution in [3.05, 3.63) is 0 Å². The second kappa shape index (κ2) is 11.1. The SMILES string of the molecule is CCOCCCOCCCNS(=O)O. The summed E-state index contributed by atoms with van der Waals surface area (Å²) in [6.45, 7) is 5.22. The average Bonchev–Trinajstić information content (AvgIpc) is 2.15. The van der Waals surface area contributed by atoms with E-state index in [4.69, 9.17) is 14.0 Å². The van der Waals surface area contributed by atoms with Gasteiger partial charge in [-0.05, 0) is 19.8 Å². The van der Waals surface area contributed by atoms with Crippen LogP contribution in [-0.4, -0.2) is 41.7 Å². The van der Waals surface area contributed by atoms with E-state index < -0.39 is 11.3 Å². The van der Waals surface area contributed by atoms with Gasteiger partial charge in [0, 0.05) is 33.0 Å². The van der Waals surface area contributed by atoms with Crippen LogP contribution in [0.2, 0.25) is 0 Å². The molecule has 0 aliphatic carbocycles. The minimum absolute atomic E-state index is 0.495. The van der Waals surface area contributed by atoms with Crippen molar-refractivity contribution < 1.29 is 18.2 Å². The second-order valence-electron chi connectivity index (χ2n) is 2.66. The molecule has 0 aliphatic rings. The summed E-state index contributed by atoms with van der Waals surface area (Å²) >= 11 is -1.90. The predicted octanol–water partition coefficient (Wildman–Crippen LogP) is 0.546. The summed E-state index contributed by atoms with van der Waals surface area (Å²) in [6.07, 6.45) is 1.63. The van der Waals surface area contributed by atoms with Crippen LogP contribution in [0.4, 0.5) is 0 Å². The molecule has 0 saturated carbocycles. The summed E-state index contributed by atoms with van der Waals surface area (Å²) in [5.41, 5.74) is 0. The van der Waals surface area contributed by atoms with Gasteiger partial charge in [0.25, 0.3) is 0 Å². The Morgan fingerprint density at radius 1 is 1.21 bits per heavy atom. The summed E-state index contributed by atoms with van der Waals surface area (Å²) < 4.78 is 31.3. The van der Waals surface area contributed by atoms with Crippen LogP contribution in [-0.2, 0) is 20.7 Å². The molecule has 2 N–H and O–H groups in total. The number of nitrogens with one attached hydrogen (secondary N) is 1. The largest absolute Gasteiger partial charge is 0.382 e. The molecule has 6 heteroatoms. The van der Waals surface area contributed by atoms with E-state index in [0.29, 0.717) is 19.8 Å². The fraction of sp³-hybridized carbons (Fsp3) is 1.00. The van der Waals surface area contributed by atoms with E-state index in [1.54, 1.807) is 0 Å². The lowest BCUT2D eigenvalue weighted by Crippen LogP contribution is -2.18. The fourth-order valence-corrected chi connectivity index (χ4v) is 1.16. The van der Waals surface area contributed by atoms with E-state index in [2.05, 4.69) is 4.72 Å². The Labute approximate surface area is 87.6 Å². The number of rotatable bonds is 10. The minimum atomic E-state index is -1.90. The monoisotopic (exact) mass is 225 g/mol. The molecule has 0 bridgehead atoms. The molecule has 0 aromatic rings. The van der Waals surface area contributed by atoms with Crippen molar-refractivity contribution in [2.75, 3.05) is 33.0 Å². The van der Waals surface area contributed by atoms with Crippen molar-refractivity contribution in [3.8, 4) is 0 Å². The zero-order chi connectivity index (χ0) is 10.6. The highest BCUT2D eigenvalue weighted by atomic mass is 32.2. The summed E-state index contributed by atoms with van der Waals surface area (Å²) in [7, 11) is 0. The van der Waals surface area contributed by atoms with Gasteiger partial charge in [-0.3, -0.25) is 4.55 Å². The van der Waals surface area contributed by atoms with E-state index >= 15 is 0 Å². The van der Waals surface area contributed by atoms with Gasteiger partial charge in [0.2, 0.25) is 11.3 Å². The van der Waals surface area contributed by atoms with Crippen molar-refractivity contribution in [3.63, 3.8) is 0 Å². The molecule has 0 rings (SSSR count). The molecule has 86 valence electrons. The third-order valence-electron chi connectivity index (χ3n) is 1.47. The standard InChI is InChI=1S/C8H19NO4S/c1-2-12-7-4-8-13-6-3-5-9-14(10)11/h9H,2-8H2,1H3,(H,10,11). The lowest BCUT2D eigenvalue weighted by Gasteiger charge is -2.04. The topological polar surface area (TPSA) is 67.8 Å². The Morgan fingerprint density at radius 2 is 1.86 bits per heavy atom. The Balaban J connectivity index is 2.88. The first-order chi connectivity index (χ1) is 6.77. The van der Waals surface area contributed by atoms with Crippen LogP contribution in [0, 0.1) is 0 Å². The molecule has 0 aliphatic heterocycles. The van der Waals surface area contributed by atoms with Gasteiger partial charge in [0.15, 0.2) is 0 Å². The number of hydrogen-bond acceptors (Lipinski definition) is 3. The van der Waals surface area contributed by atoms with E-state index in [1.807, 2.05) is 6.92 Å². The molecule has 14 heavy (non-hydrogen) atoms. The molecular weight excluding hydrogens is 206 g/mol. The first kappa shape index (κ1) is 14.0. The average molecular weight is 225 g/mol. The number of ether oxygens (including phenoxy) is 2. The molecule has 0 saturated heterocycles. The van der Waals surface area contributed by atoms with Crippen LogP contribution in [0.3, 0.4) is 0 Å². The molecule has 0 spiro atoms. The van der Waals surface area contributed by atoms with Gasteiger partial charge in [0.1, 0.15) is 0 Å². The molecule has 1 unspecified atom stereocenters.